The molecule has 0 aliphatic carbocycles. The number of likely N-dealkylation sites (tertiary alicyclic amines) is 1. The van der Waals surface area contributed by atoms with Crippen LogP contribution in [0.4, 0.5) is 13.2 Å². The molecule has 0 saturated carbocycles. The second kappa shape index (κ2) is 11.1. The molecule has 0 amide bonds. The third-order valence-electron chi connectivity index (χ3n) is 4.65. The van der Waals surface area contributed by atoms with Crippen LogP contribution in [0.15, 0.2) is 15.6 Å². The molecular weight excluding hydrogens is 474 g/mol. The highest BCUT2D eigenvalue weighted by molar-refractivity contribution is 14.0. The molecular formula is C17H29F3IN5O. The van der Waals surface area contributed by atoms with E-state index in [0.29, 0.717) is 43.7 Å². The Morgan fingerprint density at radius 2 is 2.11 bits per heavy atom. The quantitative estimate of drug-likeness (QED) is 0.339. The molecule has 1 fully saturated rings. The zero-order chi connectivity index (χ0) is 19.2. The first-order valence-corrected chi connectivity index (χ1v) is 9.06. The van der Waals surface area contributed by atoms with Crippen LogP contribution < -0.4 is 10.6 Å². The standard InChI is InChI=1S/C17H28F3N5O.HI/c1-4-12(5-2)15-8-14(26-24-15)9-22-16(21-3)23-13-6-7-25(10-13)11-17(18,19)20;/h8,12-13H,4-7,9-11H2,1-3H3,(H2,21,22,23);1H. The predicted octanol–water partition coefficient (Wildman–Crippen LogP) is 3.50. The maximum Gasteiger partial charge on any atom is 0.401 e. The van der Waals surface area contributed by atoms with Crippen LogP contribution in [0.3, 0.4) is 0 Å². The maximum atomic E-state index is 12.5. The Morgan fingerprint density at radius 3 is 2.70 bits per heavy atom. The van der Waals surface area contributed by atoms with Gasteiger partial charge in [0.05, 0.1) is 18.8 Å². The van der Waals surface area contributed by atoms with Gasteiger partial charge in [-0.2, -0.15) is 13.2 Å². The first kappa shape index (κ1) is 24.0. The number of halogens is 4. The molecule has 0 bridgehead atoms. The minimum atomic E-state index is -4.16. The molecule has 2 rings (SSSR count). The van der Waals surface area contributed by atoms with Crippen LogP contribution in [0.2, 0.25) is 0 Å². The van der Waals surface area contributed by atoms with E-state index in [1.54, 1.807) is 7.05 Å². The van der Waals surface area contributed by atoms with Gasteiger partial charge >= 0.3 is 6.18 Å². The molecule has 1 aliphatic heterocycles. The fourth-order valence-electron chi connectivity index (χ4n) is 3.22. The average Bonchev–Trinajstić information content (AvgIpc) is 3.21. The van der Waals surface area contributed by atoms with Crippen LogP contribution in [-0.4, -0.2) is 54.9 Å². The lowest BCUT2D eigenvalue weighted by Gasteiger charge is -2.19. The minimum absolute atomic E-state index is 0. The molecule has 1 aromatic rings. The summed E-state index contributed by atoms with van der Waals surface area (Å²) in [5, 5.41) is 10.4. The number of rotatable bonds is 7. The van der Waals surface area contributed by atoms with E-state index in [0.717, 1.165) is 18.5 Å². The van der Waals surface area contributed by atoms with Crippen LogP contribution in [-0.2, 0) is 6.54 Å². The number of aliphatic imine (C=N–C) groups is 1. The molecule has 6 nitrogen and oxygen atoms in total. The van der Waals surface area contributed by atoms with Crippen LogP contribution in [0.1, 0.15) is 50.5 Å². The summed E-state index contributed by atoms with van der Waals surface area (Å²) in [4.78, 5) is 5.54. The van der Waals surface area contributed by atoms with Gasteiger partial charge < -0.3 is 15.2 Å². The normalized spacial score (nSPS) is 18.6. The third-order valence-corrected chi connectivity index (χ3v) is 4.65. The molecule has 0 spiro atoms. The Labute approximate surface area is 175 Å². The summed E-state index contributed by atoms with van der Waals surface area (Å²) < 4.78 is 42.8. The highest BCUT2D eigenvalue weighted by Crippen LogP contribution is 2.22. The van der Waals surface area contributed by atoms with Crippen LogP contribution in [0, 0.1) is 0 Å². The molecule has 1 atom stereocenters. The Morgan fingerprint density at radius 1 is 1.41 bits per heavy atom. The monoisotopic (exact) mass is 503 g/mol. The highest BCUT2D eigenvalue weighted by Gasteiger charge is 2.34. The van der Waals surface area contributed by atoms with Gasteiger partial charge in [0.15, 0.2) is 11.7 Å². The van der Waals surface area contributed by atoms with E-state index in [1.807, 2.05) is 6.07 Å². The lowest BCUT2D eigenvalue weighted by Crippen LogP contribution is -2.44. The molecule has 156 valence electrons. The molecule has 27 heavy (non-hydrogen) atoms. The summed E-state index contributed by atoms with van der Waals surface area (Å²) in [5.74, 6) is 1.65. The molecule has 10 heteroatoms. The van der Waals surface area contributed by atoms with E-state index < -0.39 is 12.7 Å². The van der Waals surface area contributed by atoms with Gasteiger partial charge in [0.2, 0.25) is 0 Å². The predicted molar refractivity (Wildman–Crippen MR) is 109 cm³/mol. The van der Waals surface area contributed by atoms with Gasteiger partial charge in [-0.3, -0.25) is 9.89 Å². The molecule has 1 aromatic heterocycles. The van der Waals surface area contributed by atoms with Crippen molar-refractivity contribution in [3.63, 3.8) is 0 Å². The van der Waals surface area contributed by atoms with Crippen molar-refractivity contribution < 1.29 is 17.7 Å². The van der Waals surface area contributed by atoms with Gasteiger partial charge in [0.1, 0.15) is 0 Å². The number of hydrogen-bond donors (Lipinski definition) is 2. The number of hydrogen-bond acceptors (Lipinski definition) is 4. The van der Waals surface area contributed by atoms with E-state index in [9.17, 15) is 13.2 Å². The van der Waals surface area contributed by atoms with Gasteiger partial charge in [-0.05, 0) is 19.3 Å². The van der Waals surface area contributed by atoms with Gasteiger partial charge in [-0.1, -0.05) is 19.0 Å². The van der Waals surface area contributed by atoms with Crippen molar-refractivity contribution in [2.45, 2.75) is 57.8 Å². The second-order valence-electron chi connectivity index (χ2n) is 6.64. The van der Waals surface area contributed by atoms with Crippen LogP contribution >= 0.6 is 24.0 Å². The summed E-state index contributed by atoms with van der Waals surface area (Å²) in [6.45, 7) is 4.57. The van der Waals surface area contributed by atoms with Gasteiger partial charge in [0.25, 0.3) is 0 Å². The molecule has 2 N–H and O–H groups in total. The fraction of sp³-hybridized carbons (Fsp3) is 0.765. The molecule has 1 aliphatic rings. The third kappa shape index (κ3) is 7.84. The highest BCUT2D eigenvalue weighted by atomic mass is 127. The maximum absolute atomic E-state index is 12.5. The Bertz CT molecular complexity index is 589. The van der Waals surface area contributed by atoms with Crippen molar-refractivity contribution in [1.29, 1.82) is 0 Å². The molecule has 2 heterocycles. The van der Waals surface area contributed by atoms with Crippen LogP contribution in [0.25, 0.3) is 0 Å². The fourth-order valence-corrected chi connectivity index (χ4v) is 3.22. The first-order chi connectivity index (χ1) is 12.3. The van der Waals surface area contributed by atoms with Crippen molar-refractivity contribution in [1.82, 2.24) is 20.7 Å². The van der Waals surface area contributed by atoms with E-state index in [-0.39, 0.29) is 30.0 Å². The van der Waals surface area contributed by atoms with Gasteiger partial charge in [-0.25, -0.2) is 0 Å². The van der Waals surface area contributed by atoms with E-state index in [2.05, 4.69) is 34.6 Å². The van der Waals surface area contributed by atoms with Crippen molar-refractivity contribution in [3.8, 4) is 0 Å². The zero-order valence-electron chi connectivity index (χ0n) is 16.0. The minimum Gasteiger partial charge on any atom is -0.359 e. The van der Waals surface area contributed by atoms with Crippen LogP contribution in [0.5, 0.6) is 0 Å². The van der Waals surface area contributed by atoms with Crippen molar-refractivity contribution >= 4 is 29.9 Å². The number of aromatic nitrogens is 1. The SMILES string of the molecule is CCC(CC)c1cc(CNC(=NC)NC2CCN(CC(F)(F)F)C2)on1.I. The summed E-state index contributed by atoms with van der Waals surface area (Å²) >= 11 is 0. The largest absolute Gasteiger partial charge is 0.401 e. The van der Waals surface area contributed by atoms with E-state index in [4.69, 9.17) is 4.52 Å². The summed E-state index contributed by atoms with van der Waals surface area (Å²) in [7, 11) is 1.63. The second-order valence-corrected chi connectivity index (χ2v) is 6.64. The van der Waals surface area contributed by atoms with Crippen molar-refractivity contribution in [3.05, 3.63) is 17.5 Å². The Balaban J connectivity index is 0.00000364. The van der Waals surface area contributed by atoms with Crippen molar-refractivity contribution in [2.24, 2.45) is 4.99 Å². The van der Waals surface area contributed by atoms with Gasteiger partial charge in [0, 0.05) is 38.2 Å². The van der Waals surface area contributed by atoms with E-state index in [1.165, 1.54) is 4.90 Å². The smallest absolute Gasteiger partial charge is 0.359 e. The molecule has 1 saturated heterocycles. The number of alkyl halides is 3. The summed E-state index contributed by atoms with van der Waals surface area (Å²) in [5.41, 5.74) is 0.952. The number of nitrogens with one attached hydrogen (secondary N) is 2. The first-order valence-electron chi connectivity index (χ1n) is 9.06. The lowest BCUT2D eigenvalue weighted by molar-refractivity contribution is -0.143. The molecule has 0 aromatic carbocycles. The Hall–Kier alpha value is -1.04. The summed E-state index contributed by atoms with van der Waals surface area (Å²) in [6.07, 6.45) is -1.49. The number of nitrogens with zero attached hydrogens (tertiary/aromatic N) is 3. The molecule has 1 unspecified atom stereocenters. The number of guanidine groups is 1. The topological polar surface area (TPSA) is 65.7 Å². The lowest BCUT2D eigenvalue weighted by atomic mass is 9.99. The van der Waals surface area contributed by atoms with E-state index >= 15 is 0 Å². The summed E-state index contributed by atoms with van der Waals surface area (Å²) in [6, 6.07) is 1.89. The van der Waals surface area contributed by atoms with Gasteiger partial charge in [-0.15, -0.1) is 24.0 Å². The Kier molecular flexibility index (Phi) is 9.85. The zero-order valence-corrected chi connectivity index (χ0v) is 18.3. The van der Waals surface area contributed by atoms with Crippen molar-refractivity contribution in [2.75, 3.05) is 26.7 Å². The molecule has 0 radical (unpaired) electrons. The average molecular weight is 503 g/mol.